The molecule has 2 aromatic carbocycles. The van der Waals surface area contributed by atoms with Gasteiger partial charge in [-0.3, -0.25) is 4.79 Å². The normalized spacial score (nSPS) is 12.1. The average Bonchev–Trinajstić information content (AvgIpc) is 3.12. The van der Waals surface area contributed by atoms with Gasteiger partial charge in [-0.1, -0.05) is 54.1 Å². The number of anilines is 1. The second kappa shape index (κ2) is 7.81. The summed E-state index contributed by atoms with van der Waals surface area (Å²) in [4.78, 5) is 22.8. The van der Waals surface area contributed by atoms with E-state index >= 15 is 0 Å². The zero-order valence-corrected chi connectivity index (χ0v) is 17.5. The molecule has 146 valence electrons. The van der Waals surface area contributed by atoms with Crippen LogP contribution in [0.1, 0.15) is 33.8 Å². The minimum Gasteiger partial charge on any atom is -0.368 e. The molecule has 3 N–H and O–H groups in total. The molecular formula is C22H19ClN4OS. The lowest BCUT2D eigenvalue weighted by molar-refractivity contribution is 0.0944. The van der Waals surface area contributed by atoms with E-state index in [2.05, 4.69) is 15.3 Å². The first kappa shape index (κ1) is 19.4. The monoisotopic (exact) mass is 422 g/mol. The Kier molecular flexibility index (Phi) is 5.22. The molecule has 0 bridgehead atoms. The van der Waals surface area contributed by atoms with E-state index in [1.54, 1.807) is 6.07 Å². The molecule has 5 nitrogen and oxygen atoms in total. The molecular weight excluding hydrogens is 404 g/mol. The average molecular weight is 423 g/mol. The van der Waals surface area contributed by atoms with Crippen molar-refractivity contribution in [1.82, 2.24) is 15.3 Å². The van der Waals surface area contributed by atoms with Crippen LogP contribution in [0.4, 0.5) is 5.95 Å². The molecule has 1 amide bonds. The third kappa shape index (κ3) is 3.95. The van der Waals surface area contributed by atoms with Gasteiger partial charge in [0.1, 0.15) is 4.83 Å². The third-order valence-corrected chi connectivity index (χ3v) is 6.00. The van der Waals surface area contributed by atoms with Crippen molar-refractivity contribution in [2.24, 2.45) is 0 Å². The number of halogens is 1. The first-order valence-electron chi connectivity index (χ1n) is 9.12. The fourth-order valence-electron chi connectivity index (χ4n) is 3.16. The number of nitrogens with one attached hydrogen (secondary N) is 1. The summed E-state index contributed by atoms with van der Waals surface area (Å²) in [6.07, 6.45) is 0. The molecule has 4 aromatic rings. The quantitative estimate of drug-likeness (QED) is 0.461. The molecule has 0 aliphatic heterocycles. The number of rotatable bonds is 4. The Morgan fingerprint density at radius 1 is 1.14 bits per heavy atom. The van der Waals surface area contributed by atoms with Crippen LogP contribution in [0.15, 0.2) is 54.6 Å². The largest absolute Gasteiger partial charge is 0.368 e. The van der Waals surface area contributed by atoms with Gasteiger partial charge in [0.2, 0.25) is 5.95 Å². The van der Waals surface area contributed by atoms with Crippen LogP contribution in [-0.4, -0.2) is 15.9 Å². The van der Waals surface area contributed by atoms with Gasteiger partial charge in [0, 0.05) is 10.9 Å². The Labute approximate surface area is 177 Å². The number of hydrogen-bond acceptors (Lipinski definition) is 5. The van der Waals surface area contributed by atoms with Gasteiger partial charge in [0.25, 0.3) is 5.91 Å². The lowest BCUT2D eigenvalue weighted by Crippen LogP contribution is -2.25. The highest BCUT2D eigenvalue weighted by Crippen LogP contribution is 2.36. The molecule has 29 heavy (non-hydrogen) atoms. The lowest BCUT2D eigenvalue weighted by Gasteiger charge is -2.13. The summed E-state index contributed by atoms with van der Waals surface area (Å²) in [6, 6.07) is 17.3. The topological polar surface area (TPSA) is 80.9 Å². The number of thiophene rings is 1. The Hall–Kier alpha value is -2.96. The van der Waals surface area contributed by atoms with E-state index in [1.807, 2.05) is 62.4 Å². The van der Waals surface area contributed by atoms with Crippen molar-refractivity contribution in [3.63, 3.8) is 0 Å². The maximum Gasteiger partial charge on any atom is 0.261 e. The zero-order valence-electron chi connectivity index (χ0n) is 15.9. The number of aryl methyl sites for hydroxylation is 1. The van der Waals surface area contributed by atoms with Crippen LogP contribution in [0.3, 0.4) is 0 Å². The standard InChI is InChI=1S/C22H19ClN4OS/c1-12-8-9-15(17(23)10-12)19-16-11-18(29-21(16)27-22(24)26-19)20(28)25-13(2)14-6-4-3-5-7-14/h3-11,13H,1-2H3,(H,25,28)(H2,24,26,27)/t13-/m1/s1. The van der Waals surface area contributed by atoms with Crippen LogP contribution >= 0.6 is 22.9 Å². The summed E-state index contributed by atoms with van der Waals surface area (Å²) >= 11 is 7.73. The molecule has 0 fully saturated rings. The van der Waals surface area contributed by atoms with E-state index < -0.39 is 0 Å². The third-order valence-electron chi connectivity index (χ3n) is 4.66. The summed E-state index contributed by atoms with van der Waals surface area (Å²) < 4.78 is 0. The number of carbonyl (C=O) groups is 1. The number of nitrogen functional groups attached to an aromatic ring is 1. The number of carbonyl (C=O) groups excluding carboxylic acids is 1. The van der Waals surface area contributed by atoms with Crippen molar-refractivity contribution in [2.45, 2.75) is 19.9 Å². The van der Waals surface area contributed by atoms with Gasteiger partial charge < -0.3 is 11.1 Å². The minimum atomic E-state index is -0.163. The first-order valence-corrected chi connectivity index (χ1v) is 10.3. The maximum atomic E-state index is 12.8. The molecule has 0 aliphatic carbocycles. The van der Waals surface area contributed by atoms with Gasteiger partial charge in [-0.2, -0.15) is 0 Å². The molecule has 0 unspecified atom stereocenters. The van der Waals surface area contributed by atoms with Crippen molar-refractivity contribution in [3.05, 3.63) is 75.6 Å². The number of nitrogens with two attached hydrogens (primary N) is 1. The van der Waals surface area contributed by atoms with Crippen LogP contribution in [-0.2, 0) is 0 Å². The van der Waals surface area contributed by atoms with Gasteiger partial charge in [-0.25, -0.2) is 9.97 Å². The van der Waals surface area contributed by atoms with Crippen molar-refractivity contribution >= 4 is 45.0 Å². The number of fused-ring (bicyclic) bond motifs is 1. The van der Waals surface area contributed by atoms with E-state index in [1.165, 1.54) is 11.3 Å². The molecule has 0 saturated heterocycles. The van der Waals surface area contributed by atoms with Crippen LogP contribution < -0.4 is 11.1 Å². The molecule has 4 rings (SSSR count). The molecule has 2 aromatic heterocycles. The predicted octanol–water partition coefficient (Wildman–Crippen LogP) is 5.39. The van der Waals surface area contributed by atoms with Gasteiger partial charge in [0.15, 0.2) is 0 Å². The summed E-state index contributed by atoms with van der Waals surface area (Å²) in [5.74, 6) is -0.0144. The molecule has 1 atom stereocenters. The summed E-state index contributed by atoms with van der Waals surface area (Å²) in [5.41, 5.74) is 9.41. The Balaban J connectivity index is 1.71. The van der Waals surface area contributed by atoms with Crippen molar-refractivity contribution in [1.29, 1.82) is 0 Å². The Morgan fingerprint density at radius 3 is 2.62 bits per heavy atom. The SMILES string of the molecule is Cc1ccc(-c2nc(N)nc3sc(C(=O)N[C@H](C)c4ccccc4)cc23)c(Cl)c1. The highest BCUT2D eigenvalue weighted by molar-refractivity contribution is 7.20. The predicted molar refractivity (Wildman–Crippen MR) is 119 cm³/mol. The summed E-state index contributed by atoms with van der Waals surface area (Å²) in [6.45, 7) is 3.93. The molecule has 0 aliphatic rings. The summed E-state index contributed by atoms with van der Waals surface area (Å²) in [5, 5.41) is 4.37. The van der Waals surface area contributed by atoms with Crippen LogP contribution in [0, 0.1) is 6.92 Å². The van der Waals surface area contributed by atoms with Crippen LogP contribution in [0.25, 0.3) is 21.5 Å². The van der Waals surface area contributed by atoms with E-state index in [0.717, 1.165) is 22.1 Å². The van der Waals surface area contributed by atoms with Crippen LogP contribution in [0.5, 0.6) is 0 Å². The van der Waals surface area contributed by atoms with E-state index in [4.69, 9.17) is 17.3 Å². The molecule has 0 spiro atoms. The van der Waals surface area contributed by atoms with Crippen LogP contribution in [0.2, 0.25) is 5.02 Å². The number of benzene rings is 2. The fourth-order valence-corrected chi connectivity index (χ4v) is 4.43. The Bertz CT molecular complexity index is 1210. The highest BCUT2D eigenvalue weighted by atomic mass is 35.5. The van der Waals surface area contributed by atoms with Crippen molar-refractivity contribution in [3.8, 4) is 11.3 Å². The van der Waals surface area contributed by atoms with Crippen molar-refractivity contribution in [2.75, 3.05) is 5.73 Å². The molecule has 0 saturated carbocycles. The number of hydrogen-bond donors (Lipinski definition) is 2. The van der Waals surface area contributed by atoms with E-state index in [0.29, 0.717) is 20.4 Å². The number of amides is 1. The second-order valence-electron chi connectivity index (χ2n) is 6.85. The van der Waals surface area contributed by atoms with Gasteiger partial charge in [0.05, 0.1) is 21.6 Å². The first-order chi connectivity index (χ1) is 13.9. The van der Waals surface area contributed by atoms with Gasteiger partial charge >= 0.3 is 0 Å². The van der Waals surface area contributed by atoms with E-state index in [-0.39, 0.29) is 17.9 Å². The highest BCUT2D eigenvalue weighted by Gasteiger charge is 2.19. The summed E-state index contributed by atoms with van der Waals surface area (Å²) in [7, 11) is 0. The molecule has 0 radical (unpaired) electrons. The van der Waals surface area contributed by atoms with E-state index in [9.17, 15) is 4.79 Å². The Morgan fingerprint density at radius 2 is 1.90 bits per heavy atom. The smallest absolute Gasteiger partial charge is 0.261 e. The number of nitrogens with zero attached hydrogens (tertiary/aromatic N) is 2. The van der Waals surface area contributed by atoms with Crippen molar-refractivity contribution < 1.29 is 4.79 Å². The van der Waals surface area contributed by atoms with Gasteiger partial charge in [-0.05, 0) is 37.1 Å². The molecule has 7 heteroatoms. The number of aromatic nitrogens is 2. The zero-order chi connectivity index (χ0) is 20.5. The molecule has 2 heterocycles. The minimum absolute atomic E-state index is 0.115. The second-order valence-corrected chi connectivity index (χ2v) is 8.29. The maximum absolute atomic E-state index is 12.8. The lowest BCUT2D eigenvalue weighted by atomic mass is 10.1. The fraction of sp³-hybridized carbons (Fsp3) is 0.136. The van der Waals surface area contributed by atoms with Gasteiger partial charge in [-0.15, -0.1) is 11.3 Å².